The van der Waals surface area contributed by atoms with Crippen molar-refractivity contribution in [3.05, 3.63) is 22.8 Å². The number of hydrogen-bond donors (Lipinski definition) is 0. The topological polar surface area (TPSA) is 54.7 Å². The zero-order valence-corrected chi connectivity index (χ0v) is 25.4. The first-order valence-corrected chi connectivity index (χ1v) is 16.7. The summed E-state index contributed by atoms with van der Waals surface area (Å²) >= 11 is 7.01. The molecule has 1 atom stereocenters. The maximum Gasteiger partial charge on any atom is 0.495 e. The summed E-state index contributed by atoms with van der Waals surface area (Å²) in [6.45, 7) is 21.2. The van der Waals surface area contributed by atoms with Crippen molar-refractivity contribution in [1.29, 1.82) is 0 Å². The van der Waals surface area contributed by atoms with Crippen LogP contribution in [0.3, 0.4) is 0 Å². The highest BCUT2D eigenvalue weighted by Crippen LogP contribution is 2.39. The highest BCUT2D eigenvalue weighted by molar-refractivity contribution is 6.74. The molecule has 36 heavy (non-hydrogen) atoms. The Bertz CT molecular complexity index is 1070. The van der Waals surface area contributed by atoms with Crippen molar-refractivity contribution < 1.29 is 18.5 Å². The third kappa shape index (κ3) is 5.32. The Hall–Kier alpha value is -0.898. The van der Waals surface area contributed by atoms with E-state index in [1.807, 2.05) is 16.9 Å². The Labute approximate surface area is 223 Å². The van der Waals surface area contributed by atoms with Gasteiger partial charge in [-0.15, -0.1) is 0 Å². The van der Waals surface area contributed by atoms with E-state index < -0.39 is 26.6 Å². The molecule has 3 heterocycles. The summed E-state index contributed by atoms with van der Waals surface area (Å²) < 4.78 is 27.6. The van der Waals surface area contributed by atoms with Crippen molar-refractivity contribution in [2.45, 2.75) is 116 Å². The zero-order chi connectivity index (χ0) is 26.5. The molecule has 2 saturated heterocycles. The van der Waals surface area contributed by atoms with Crippen molar-refractivity contribution in [2.75, 3.05) is 13.2 Å². The third-order valence-corrected chi connectivity index (χ3v) is 13.6. The van der Waals surface area contributed by atoms with Gasteiger partial charge in [0.1, 0.15) is 0 Å². The van der Waals surface area contributed by atoms with Gasteiger partial charge in [-0.1, -0.05) is 32.4 Å². The second kappa shape index (κ2) is 10.0. The molecule has 2 aromatic rings. The van der Waals surface area contributed by atoms with Gasteiger partial charge in [0.2, 0.25) is 0 Å². The lowest BCUT2D eigenvalue weighted by molar-refractivity contribution is -0.0366. The summed E-state index contributed by atoms with van der Waals surface area (Å²) in [6, 6.07) is 2.04. The van der Waals surface area contributed by atoms with Crippen LogP contribution in [0.15, 0.2) is 12.3 Å². The fourth-order valence-corrected chi connectivity index (χ4v) is 6.03. The van der Waals surface area contributed by atoms with E-state index in [2.05, 4.69) is 61.6 Å². The normalized spacial score (nSPS) is 22.5. The van der Waals surface area contributed by atoms with E-state index in [0.717, 1.165) is 65.7 Å². The number of halogens is 1. The molecule has 4 rings (SSSR count). The Morgan fingerprint density at radius 2 is 1.83 bits per heavy atom. The summed E-state index contributed by atoms with van der Waals surface area (Å²) in [5.74, 6) is 0. The van der Waals surface area contributed by atoms with E-state index in [1.54, 1.807) is 0 Å². The molecule has 2 fully saturated rings. The fraction of sp³-hybridized carbons (Fsp3) is 0.741. The average Bonchev–Trinajstić information content (AvgIpc) is 3.27. The Morgan fingerprint density at radius 3 is 2.42 bits per heavy atom. The van der Waals surface area contributed by atoms with Gasteiger partial charge in [0.15, 0.2) is 14.5 Å². The number of aromatic nitrogens is 2. The molecule has 0 radical (unpaired) electrons. The van der Waals surface area contributed by atoms with Crippen LogP contribution in [0, 0.1) is 0 Å². The second-order valence-electron chi connectivity index (χ2n) is 12.9. The molecular formula is C27H44BClN2O4Si. The Morgan fingerprint density at radius 1 is 1.17 bits per heavy atom. The third-order valence-electron chi connectivity index (χ3n) is 8.76. The van der Waals surface area contributed by atoms with E-state index in [1.165, 1.54) is 0 Å². The van der Waals surface area contributed by atoms with Gasteiger partial charge < -0.3 is 18.5 Å². The van der Waals surface area contributed by atoms with Gasteiger partial charge in [-0.3, -0.25) is 0 Å². The van der Waals surface area contributed by atoms with Crippen LogP contribution < -0.4 is 5.46 Å². The fourth-order valence-electron chi connectivity index (χ4n) is 4.64. The smallest absolute Gasteiger partial charge is 0.417 e. The highest BCUT2D eigenvalue weighted by atomic mass is 35.5. The molecule has 2 aliphatic heterocycles. The molecule has 200 valence electrons. The Balaban J connectivity index is 1.69. The minimum absolute atomic E-state index is 0.0673. The van der Waals surface area contributed by atoms with E-state index >= 15 is 0 Å². The lowest BCUT2D eigenvalue weighted by Gasteiger charge is -2.36. The number of benzene rings is 1. The molecular weight excluding hydrogens is 491 g/mol. The molecule has 0 spiro atoms. The molecule has 6 nitrogen and oxygen atoms in total. The summed E-state index contributed by atoms with van der Waals surface area (Å²) in [4.78, 5) is 0. The van der Waals surface area contributed by atoms with Crippen molar-refractivity contribution in [1.82, 2.24) is 9.78 Å². The maximum atomic E-state index is 7.01. The quantitative estimate of drug-likeness (QED) is 0.294. The molecule has 0 N–H and O–H groups in total. The van der Waals surface area contributed by atoms with Crippen molar-refractivity contribution >= 4 is 43.4 Å². The van der Waals surface area contributed by atoms with Gasteiger partial charge in [0.05, 0.1) is 22.9 Å². The van der Waals surface area contributed by atoms with Crippen LogP contribution in [0.1, 0.15) is 85.9 Å². The maximum absolute atomic E-state index is 7.01. The van der Waals surface area contributed by atoms with Crippen LogP contribution in [0.4, 0.5) is 0 Å². The standard InChI is InChI=1S/C27H44BClN2O4Si/c1-25(2,3)36(8,9)33-16-12-13-19-21(29)17-22-20(18-30-31(22)23-14-10-11-15-32-23)24(19)28-34-26(4,5)27(6,7)35-28/h17-18,23H,10-16H2,1-9H3. The number of ether oxygens (including phenoxy) is 1. The van der Waals surface area contributed by atoms with Gasteiger partial charge in [-0.25, -0.2) is 4.68 Å². The second-order valence-corrected chi connectivity index (χ2v) is 18.1. The minimum atomic E-state index is -1.80. The van der Waals surface area contributed by atoms with Crippen LogP contribution in [-0.2, 0) is 24.9 Å². The molecule has 9 heteroatoms. The monoisotopic (exact) mass is 534 g/mol. The molecule has 0 saturated carbocycles. The molecule has 1 aromatic heterocycles. The summed E-state index contributed by atoms with van der Waals surface area (Å²) in [5.41, 5.74) is 2.13. The highest BCUT2D eigenvalue weighted by Gasteiger charge is 2.53. The predicted molar refractivity (Wildman–Crippen MR) is 151 cm³/mol. The predicted octanol–water partition coefficient (Wildman–Crippen LogP) is 6.64. The molecule has 0 amide bonds. The van der Waals surface area contributed by atoms with Crippen molar-refractivity contribution in [3.63, 3.8) is 0 Å². The van der Waals surface area contributed by atoms with Crippen LogP contribution in [0.5, 0.6) is 0 Å². The van der Waals surface area contributed by atoms with E-state index in [-0.39, 0.29) is 11.3 Å². The first kappa shape index (κ1) is 28.1. The first-order chi connectivity index (χ1) is 16.6. The average molecular weight is 535 g/mol. The lowest BCUT2D eigenvalue weighted by Crippen LogP contribution is -2.41. The van der Waals surface area contributed by atoms with Gasteiger partial charge in [-0.2, -0.15) is 5.10 Å². The van der Waals surface area contributed by atoms with Crippen molar-refractivity contribution in [2.24, 2.45) is 0 Å². The lowest BCUT2D eigenvalue weighted by atomic mass is 9.73. The number of hydrogen-bond acceptors (Lipinski definition) is 5. The van der Waals surface area contributed by atoms with Crippen LogP contribution in [-0.4, -0.2) is 49.6 Å². The number of nitrogens with zero attached hydrogens (tertiary/aromatic N) is 2. The van der Waals surface area contributed by atoms with Crippen LogP contribution >= 0.6 is 11.6 Å². The van der Waals surface area contributed by atoms with Crippen LogP contribution in [0.25, 0.3) is 10.9 Å². The molecule has 2 aliphatic rings. The summed E-state index contributed by atoms with van der Waals surface area (Å²) in [5, 5.41) is 6.69. The van der Waals surface area contributed by atoms with E-state index in [9.17, 15) is 0 Å². The first-order valence-electron chi connectivity index (χ1n) is 13.4. The van der Waals surface area contributed by atoms with Crippen LogP contribution in [0.2, 0.25) is 23.2 Å². The molecule has 1 unspecified atom stereocenters. The van der Waals surface area contributed by atoms with Crippen molar-refractivity contribution in [3.8, 4) is 0 Å². The summed E-state index contributed by atoms with van der Waals surface area (Å²) in [7, 11) is -2.32. The number of rotatable bonds is 7. The van der Waals surface area contributed by atoms with Gasteiger partial charge in [0.25, 0.3) is 0 Å². The van der Waals surface area contributed by atoms with E-state index in [0.29, 0.717) is 6.61 Å². The molecule has 0 aliphatic carbocycles. The van der Waals surface area contributed by atoms with Gasteiger partial charge in [0, 0.05) is 23.6 Å². The zero-order valence-electron chi connectivity index (χ0n) is 23.7. The molecule has 0 bridgehead atoms. The van der Waals surface area contributed by atoms with Gasteiger partial charge in [-0.05, 0) is 95.0 Å². The number of fused-ring (bicyclic) bond motifs is 1. The largest absolute Gasteiger partial charge is 0.495 e. The summed E-state index contributed by atoms with van der Waals surface area (Å²) in [6.07, 6.45) is 6.71. The van der Waals surface area contributed by atoms with Gasteiger partial charge >= 0.3 is 7.12 Å². The Kier molecular flexibility index (Phi) is 7.82. The van der Waals surface area contributed by atoms with E-state index in [4.69, 9.17) is 35.2 Å². The minimum Gasteiger partial charge on any atom is -0.417 e. The SMILES string of the molecule is CC1(C)OB(c2c(CCCO[Si](C)(C)C(C)(C)C)c(Cl)cc3c2cnn3C2CCCCO2)OC1(C)C. The molecule has 1 aromatic carbocycles.